The molecule has 0 heterocycles. The summed E-state index contributed by atoms with van der Waals surface area (Å²) < 4.78 is 11.1. The van der Waals surface area contributed by atoms with Crippen molar-refractivity contribution in [2.24, 2.45) is 0 Å². The van der Waals surface area contributed by atoms with Gasteiger partial charge in [-0.3, -0.25) is 4.79 Å². The van der Waals surface area contributed by atoms with Crippen LogP contribution in [0.25, 0.3) is 6.08 Å². The highest BCUT2D eigenvalue weighted by Crippen LogP contribution is 2.29. The van der Waals surface area contributed by atoms with Crippen molar-refractivity contribution >= 4 is 12.0 Å². The normalized spacial score (nSPS) is 10.7. The molecule has 0 aliphatic heterocycles. The zero-order chi connectivity index (χ0) is 18.9. The van der Waals surface area contributed by atoms with E-state index in [9.17, 15) is 9.90 Å². The van der Waals surface area contributed by atoms with E-state index in [0.29, 0.717) is 36.8 Å². The molecule has 0 unspecified atom stereocenters. The monoisotopic (exact) mass is 355 g/mol. The minimum atomic E-state index is -0.153. The van der Waals surface area contributed by atoms with Crippen molar-refractivity contribution in [2.45, 2.75) is 20.4 Å². The smallest absolute Gasteiger partial charge is 0.246 e. The fourth-order valence-corrected chi connectivity index (χ4v) is 2.44. The predicted octanol–water partition coefficient (Wildman–Crippen LogP) is 3.86. The quantitative estimate of drug-likeness (QED) is 0.731. The standard InChI is InChI=1S/C21H25NO4/c1-4-25-19-12-10-16(14-20(19)26-5-2)11-13-21(24)22(3)15-17-8-6-7-9-18(17)23/h6-14,23H,4-5,15H2,1-3H3/b13-11+. The first-order valence-corrected chi connectivity index (χ1v) is 8.64. The SMILES string of the molecule is CCOc1ccc(/C=C/C(=O)N(C)Cc2ccccc2O)cc1OCC. The first-order chi connectivity index (χ1) is 12.5. The molecule has 0 radical (unpaired) electrons. The summed E-state index contributed by atoms with van der Waals surface area (Å²) in [5.74, 6) is 1.38. The number of carbonyl (C=O) groups excluding carboxylic acids is 1. The van der Waals surface area contributed by atoms with E-state index >= 15 is 0 Å². The zero-order valence-electron chi connectivity index (χ0n) is 15.4. The van der Waals surface area contributed by atoms with E-state index in [1.807, 2.05) is 38.1 Å². The molecule has 0 bridgehead atoms. The number of ether oxygens (including phenoxy) is 2. The minimum Gasteiger partial charge on any atom is -0.508 e. The summed E-state index contributed by atoms with van der Waals surface area (Å²) in [6, 6.07) is 12.6. The average molecular weight is 355 g/mol. The van der Waals surface area contributed by atoms with Crippen molar-refractivity contribution in [1.82, 2.24) is 4.90 Å². The summed E-state index contributed by atoms with van der Waals surface area (Å²) in [5.41, 5.74) is 1.55. The van der Waals surface area contributed by atoms with Gasteiger partial charge in [0.1, 0.15) is 5.75 Å². The Morgan fingerprint density at radius 2 is 1.77 bits per heavy atom. The number of para-hydroxylation sites is 1. The van der Waals surface area contributed by atoms with Crippen LogP contribution in [0.4, 0.5) is 0 Å². The molecule has 5 nitrogen and oxygen atoms in total. The first kappa shape index (κ1) is 19.4. The lowest BCUT2D eigenvalue weighted by Gasteiger charge is -2.16. The van der Waals surface area contributed by atoms with Crippen LogP contribution in [0.1, 0.15) is 25.0 Å². The van der Waals surface area contributed by atoms with Crippen LogP contribution in [0, 0.1) is 0 Å². The number of hydrogen-bond acceptors (Lipinski definition) is 4. The third kappa shape index (κ3) is 5.28. The average Bonchev–Trinajstić information content (AvgIpc) is 2.63. The van der Waals surface area contributed by atoms with Gasteiger partial charge in [-0.2, -0.15) is 0 Å². The number of amides is 1. The molecule has 0 aromatic heterocycles. The second kappa shape index (κ2) is 9.51. The Balaban J connectivity index is 2.06. The lowest BCUT2D eigenvalue weighted by atomic mass is 10.1. The van der Waals surface area contributed by atoms with E-state index in [0.717, 1.165) is 5.56 Å². The number of benzene rings is 2. The fraction of sp³-hybridized carbons (Fsp3) is 0.286. The van der Waals surface area contributed by atoms with Gasteiger partial charge in [0.25, 0.3) is 0 Å². The van der Waals surface area contributed by atoms with Gasteiger partial charge < -0.3 is 19.5 Å². The van der Waals surface area contributed by atoms with Gasteiger partial charge in [-0.1, -0.05) is 24.3 Å². The Bertz CT molecular complexity index is 770. The van der Waals surface area contributed by atoms with Crippen molar-refractivity contribution in [2.75, 3.05) is 20.3 Å². The van der Waals surface area contributed by atoms with E-state index in [-0.39, 0.29) is 11.7 Å². The number of nitrogens with zero attached hydrogens (tertiary/aromatic N) is 1. The molecule has 138 valence electrons. The van der Waals surface area contributed by atoms with Crippen molar-refractivity contribution < 1.29 is 19.4 Å². The second-order valence-electron chi connectivity index (χ2n) is 5.73. The molecule has 0 fully saturated rings. The summed E-state index contributed by atoms with van der Waals surface area (Å²) in [6.07, 6.45) is 3.24. The summed E-state index contributed by atoms with van der Waals surface area (Å²) in [4.78, 5) is 13.9. The van der Waals surface area contributed by atoms with Gasteiger partial charge in [0.15, 0.2) is 11.5 Å². The molecule has 0 atom stereocenters. The summed E-state index contributed by atoms with van der Waals surface area (Å²) in [7, 11) is 1.70. The highest BCUT2D eigenvalue weighted by Gasteiger charge is 2.09. The van der Waals surface area contributed by atoms with Crippen molar-refractivity contribution in [3.05, 3.63) is 59.7 Å². The molecule has 2 aromatic carbocycles. The van der Waals surface area contributed by atoms with Crippen molar-refractivity contribution in [3.63, 3.8) is 0 Å². The summed E-state index contributed by atoms with van der Waals surface area (Å²) in [6.45, 7) is 5.27. The van der Waals surface area contributed by atoms with Crippen LogP contribution in [0.3, 0.4) is 0 Å². The van der Waals surface area contributed by atoms with Gasteiger partial charge in [0.2, 0.25) is 5.91 Å². The van der Waals surface area contributed by atoms with E-state index in [1.165, 1.54) is 6.08 Å². The van der Waals surface area contributed by atoms with E-state index in [2.05, 4.69) is 0 Å². The fourth-order valence-electron chi connectivity index (χ4n) is 2.44. The number of phenols is 1. The maximum atomic E-state index is 12.3. The molecule has 1 amide bonds. The number of rotatable bonds is 8. The van der Waals surface area contributed by atoms with Crippen LogP contribution < -0.4 is 9.47 Å². The lowest BCUT2D eigenvalue weighted by molar-refractivity contribution is -0.125. The molecule has 0 aliphatic rings. The second-order valence-corrected chi connectivity index (χ2v) is 5.73. The molecule has 0 saturated carbocycles. The number of carbonyl (C=O) groups is 1. The minimum absolute atomic E-state index is 0.153. The maximum absolute atomic E-state index is 12.3. The van der Waals surface area contributed by atoms with Crippen molar-refractivity contribution in [1.29, 1.82) is 0 Å². The van der Waals surface area contributed by atoms with Gasteiger partial charge in [0.05, 0.1) is 13.2 Å². The van der Waals surface area contributed by atoms with Crippen LogP contribution in [0.15, 0.2) is 48.5 Å². The molecule has 0 aliphatic carbocycles. The number of hydrogen-bond donors (Lipinski definition) is 1. The Morgan fingerprint density at radius 3 is 2.46 bits per heavy atom. The molecule has 2 aromatic rings. The van der Waals surface area contributed by atoms with Crippen LogP contribution in [-0.2, 0) is 11.3 Å². The molecular weight excluding hydrogens is 330 g/mol. The first-order valence-electron chi connectivity index (χ1n) is 8.64. The van der Waals surface area contributed by atoms with Crippen LogP contribution in [0.2, 0.25) is 0 Å². The van der Waals surface area contributed by atoms with Gasteiger partial charge in [0, 0.05) is 25.2 Å². The Hall–Kier alpha value is -2.95. The number of likely N-dealkylation sites (N-methyl/N-ethyl adjacent to an activating group) is 1. The van der Waals surface area contributed by atoms with Gasteiger partial charge in [-0.15, -0.1) is 0 Å². The Labute approximate surface area is 154 Å². The van der Waals surface area contributed by atoms with Gasteiger partial charge in [-0.25, -0.2) is 0 Å². The molecule has 0 saturated heterocycles. The van der Waals surface area contributed by atoms with Crippen LogP contribution >= 0.6 is 0 Å². The molecule has 1 N–H and O–H groups in total. The van der Waals surface area contributed by atoms with Gasteiger partial charge >= 0.3 is 0 Å². The topological polar surface area (TPSA) is 59.0 Å². The molecular formula is C21H25NO4. The van der Waals surface area contributed by atoms with Crippen LogP contribution in [0.5, 0.6) is 17.2 Å². The molecule has 0 spiro atoms. The third-order valence-corrected chi connectivity index (χ3v) is 3.76. The van der Waals surface area contributed by atoms with Crippen LogP contribution in [-0.4, -0.2) is 36.2 Å². The Kier molecular flexibility index (Phi) is 7.09. The predicted molar refractivity (Wildman–Crippen MR) is 102 cm³/mol. The summed E-state index contributed by atoms with van der Waals surface area (Å²) in [5, 5.41) is 9.82. The molecule has 2 rings (SSSR count). The third-order valence-electron chi connectivity index (χ3n) is 3.76. The number of phenolic OH excluding ortho intramolecular Hbond substituents is 1. The highest BCUT2D eigenvalue weighted by molar-refractivity contribution is 5.91. The number of aromatic hydroxyl groups is 1. The zero-order valence-corrected chi connectivity index (χ0v) is 15.4. The maximum Gasteiger partial charge on any atom is 0.246 e. The molecule has 26 heavy (non-hydrogen) atoms. The largest absolute Gasteiger partial charge is 0.508 e. The van der Waals surface area contributed by atoms with E-state index < -0.39 is 0 Å². The van der Waals surface area contributed by atoms with E-state index in [4.69, 9.17) is 9.47 Å². The molecule has 5 heteroatoms. The van der Waals surface area contributed by atoms with Gasteiger partial charge in [-0.05, 0) is 43.7 Å². The lowest BCUT2D eigenvalue weighted by Crippen LogP contribution is -2.24. The highest BCUT2D eigenvalue weighted by atomic mass is 16.5. The van der Waals surface area contributed by atoms with E-state index in [1.54, 1.807) is 36.2 Å². The van der Waals surface area contributed by atoms with Crippen molar-refractivity contribution in [3.8, 4) is 17.2 Å². The Morgan fingerprint density at radius 1 is 1.08 bits per heavy atom. The summed E-state index contributed by atoms with van der Waals surface area (Å²) >= 11 is 0.